The van der Waals surface area contributed by atoms with Crippen LogP contribution >= 0.6 is 0 Å². The fourth-order valence-electron chi connectivity index (χ4n) is 2.70. The number of carbonyl (C=O) groups excluding carboxylic acids is 1. The molecule has 0 bridgehead atoms. The Morgan fingerprint density at radius 1 is 1.50 bits per heavy atom. The van der Waals surface area contributed by atoms with E-state index in [4.69, 9.17) is 4.74 Å². The van der Waals surface area contributed by atoms with Crippen LogP contribution in [0.3, 0.4) is 0 Å². The van der Waals surface area contributed by atoms with Gasteiger partial charge >= 0.3 is 0 Å². The highest BCUT2D eigenvalue weighted by molar-refractivity contribution is 5.92. The largest absolute Gasteiger partial charge is 0.486 e. The molecule has 1 heterocycles. The number of Topliss-reactive ketones (excluding diaryl/α,β-unsaturated/α-hetero) is 1. The summed E-state index contributed by atoms with van der Waals surface area (Å²) in [7, 11) is 0. The standard InChI is InChI=1S/C14H22N2O2/c1-5-14(6-2)12(17)7-13(14)18-11-8-15-16(9-11)10(3)4/h8-10,13H,5-7H2,1-4H3. The van der Waals surface area contributed by atoms with E-state index in [1.54, 1.807) is 6.20 Å². The van der Waals surface area contributed by atoms with Crippen LogP contribution in [-0.4, -0.2) is 21.7 Å². The van der Waals surface area contributed by atoms with Gasteiger partial charge in [-0.1, -0.05) is 13.8 Å². The lowest BCUT2D eigenvalue weighted by molar-refractivity contribution is -0.153. The van der Waals surface area contributed by atoms with Gasteiger partial charge in [0.25, 0.3) is 0 Å². The average molecular weight is 250 g/mol. The highest BCUT2D eigenvalue weighted by Crippen LogP contribution is 2.45. The minimum atomic E-state index is -0.264. The van der Waals surface area contributed by atoms with Crippen LogP contribution in [0.1, 0.15) is 53.0 Å². The maximum atomic E-state index is 11.8. The number of carbonyl (C=O) groups is 1. The predicted molar refractivity (Wildman–Crippen MR) is 69.7 cm³/mol. The summed E-state index contributed by atoms with van der Waals surface area (Å²) in [6.07, 6.45) is 5.90. The second-order valence-electron chi connectivity index (χ2n) is 5.35. The topological polar surface area (TPSA) is 44.1 Å². The number of nitrogens with zero attached hydrogens (tertiary/aromatic N) is 2. The van der Waals surface area contributed by atoms with Crippen molar-refractivity contribution in [2.24, 2.45) is 5.41 Å². The summed E-state index contributed by atoms with van der Waals surface area (Å²) >= 11 is 0. The molecule has 1 aromatic heterocycles. The highest BCUT2D eigenvalue weighted by Gasteiger charge is 2.53. The molecule has 1 unspecified atom stereocenters. The molecule has 100 valence electrons. The van der Waals surface area contributed by atoms with E-state index >= 15 is 0 Å². The summed E-state index contributed by atoms with van der Waals surface area (Å²) in [4.78, 5) is 11.8. The molecule has 0 saturated heterocycles. The van der Waals surface area contributed by atoms with Gasteiger partial charge in [-0.2, -0.15) is 5.10 Å². The first-order chi connectivity index (χ1) is 8.53. The molecule has 18 heavy (non-hydrogen) atoms. The third kappa shape index (κ3) is 1.93. The first-order valence-electron chi connectivity index (χ1n) is 6.77. The van der Waals surface area contributed by atoms with Crippen LogP contribution < -0.4 is 4.74 Å². The van der Waals surface area contributed by atoms with Crippen LogP contribution in [0, 0.1) is 5.41 Å². The molecule has 2 rings (SSSR count). The number of rotatable bonds is 5. The molecule has 1 saturated carbocycles. The summed E-state index contributed by atoms with van der Waals surface area (Å²) < 4.78 is 7.82. The van der Waals surface area contributed by atoms with Gasteiger partial charge in [-0.05, 0) is 26.7 Å². The number of aromatic nitrogens is 2. The molecule has 0 N–H and O–H groups in total. The Bertz CT molecular complexity index is 433. The molecule has 4 heteroatoms. The van der Waals surface area contributed by atoms with Gasteiger partial charge in [0.05, 0.1) is 17.8 Å². The molecule has 4 nitrogen and oxygen atoms in total. The van der Waals surface area contributed by atoms with Crippen LogP contribution in [0.15, 0.2) is 12.4 Å². The minimum absolute atomic E-state index is 0.0183. The van der Waals surface area contributed by atoms with Crippen molar-refractivity contribution < 1.29 is 9.53 Å². The number of hydrogen-bond donors (Lipinski definition) is 0. The normalized spacial score (nSPS) is 22.1. The van der Waals surface area contributed by atoms with Gasteiger partial charge in [0.15, 0.2) is 5.75 Å². The number of ketones is 1. The van der Waals surface area contributed by atoms with Gasteiger partial charge in [0.1, 0.15) is 11.9 Å². The summed E-state index contributed by atoms with van der Waals surface area (Å²) in [6.45, 7) is 8.28. The Hall–Kier alpha value is -1.32. The van der Waals surface area contributed by atoms with E-state index in [2.05, 4.69) is 32.8 Å². The number of ether oxygens (including phenoxy) is 1. The zero-order valence-electron chi connectivity index (χ0n) is 11.6. The van der Waals surface area contributed by atoms with Crippen LogP contribution in [0.5, 0.6) is 5.75 Å². The summed E-state index contributed by atoms with van der Waals surface area (Å²) in [5, 5.41) is 4.25. The zero-order chi connectivity index (χ0) is 13.3. The third-order valence-electron chi connectivity index (χ3n) is 4.19. The Morgan fingerprint density at radius 3 is 2.61 bits per heavy atom. The van der Waals surface area contributed by atoms with Crippen LogP contribution in [0.4, 0.5) is 0 Å². The fraction of sp³-hybridized carbons (Fsp3) is 0.714. The maximum Gasteiger partial charge on any atom is 0.157 e. The number of hydrogen-bond acceptors (Lipinski definition) is 3. The van der Waals surface area contributed by atoms with Crippen molar-refractivity contribution in [3.05, 3.63) is 12.4 Å². The average Bonchev–Trinajstić information content (AvgIpc) is 2.79. The molecule has 0 aliphatic heterocycles. The van der Waals surface area contributed by atoms with Gasteiger partial charge in [0, 0.05) is 12.5 Å². The molecule has 1 aromatic rings. The molecule has 0 amide bonds. The molecule has 1 fully saturated rings. The second kappa shape index (κ2) is 4.75. The van der Waals surface area contributed by atoms with E-state index in [1.807, 2.05) is 10.9 Å². The molecule has 0 spiro atoms. The molecule has 0 aromatic carbocycles. The molecule has 0 radical (unpaired) electrons. The van der Waals surface area contributed by atoms with Gasteiger partial charge in [-0.25, -0.2) is 0 Å². The van der Waals surface area contributed by atoms with Crippen molar-refractivity contribution in [1.29, 1.82) is 0 Å². The molecular formula is C14H22N2O2. The van der Waals surface area contributed by atoms with E-state index in [0.29, 0.717) is 18.2 Å². The second-order valence-corrected chi connectivity index (χ2v) is 5.35. The van der Waals surface area contributed by atoms with E-state index < -0.39 is 0 Å². The van der Waals surface area contributed by atoms with Gasteiger partial charge in [0.2, 0.25) is 0 Å². The van der Waals surface area contributed by atoms with E-state index in [1.165, 1.54) is 0 Å². The van der Waals surface area contributed by atoms with Crippen molar-refractivity contribution in [2.75, 3.05) is 0 Å². The summed E-state index contributed by atoms with van der Waals surface area (Å²) in [6, 6.07) is 0.326. The van der Waals surface area contributed by atoms with Gasteiger partial charge < -0.3 is 4.74 Å². The maximum absolute atomic E-state index is 11.8. The molecule has 1 aliphatic carbocycles. The smallest absolute Gasteiger partial charge is 0.157 e. The van der Waals surface area contributed by atoms with Crippen LogP contribution in [-0.2, 0) is 4.79 Å². The molecular weight excluding hydrogens is 228 g/mol. The van der Waals surface area contributed by atoms with E-state index in [-0.39, 0.29) is 11.5 Å². The van der Waals surface area contributed by atoms with Crippen molar-refractivity contribution in [2.45, 2.75) is 59.1 Å². The third-order valence-corrected chi connectivity index (χ3v) is 4.19. The van der Waals surface area contributed by atoms with E-state index in [9.17, 15) is 4.79 Å². The van der Waals surface area contributed by atoms with Crippen molar-refractivity contribution in [3.63, 3.8) is 0 Å². The zero-order valence-corrected chi connectivity index (χ0v) is 11.6. The Kier molecular flexibility index (Phi) is 3.46. The minimum Gasteiger partial charge on any atom is -0.486 e. The Labute approximate surface area is 108 Å². The molecule has 1 aliphatic rings. The van der Waals surface area contributed by atoms with E-state index in [0.717, 1.165) is 18.6 Å². The fourth-order valence-corrected chi connectivity index (χ4v) is 2.70. The Balaban J connectivity index is 2.07. The first-order valence-corrected chi connectivity index (χ1v) is 6.77. The molecule has 1 atom stereocenters. The quantitative estimate of drug-likeness (QED) is 0.807. The van der Waals surface area contributed by atoms with Crippen molar-refractivity contribution in [3.8, 4) is 5.75 Å². The lowest BCUT2D eigenvalue weighted by Crippen LogP contribution is -2.56. The van der Waals surface area contributed by atoms with Crippen molar-refractivity contribution >= 4 is 5.78 Å². The van der Waals surface area contributed by atoms with Crippen LogP contribution in [0.2, 0.25) is 0 Å². The summed E-state index contributed by atoms with van der Waals surface area (Å²) in [5.41, 5.74) is -0.264. The van der Waals surface area contributed by atoms with Gasteiger partial charge in [-0.15, -0.1) is 0 Å². The first kappa shape index (κ1) is 13.1. The highest BCUT2D eigenvalue weighted by atomic mass is 16.5. The van der Waals surface area contributed by atoms with Gasteiger partial charge in [-0.3, -0.25) is 9.48 Å². The predicted octanol–water partition coefficient (Wildman–Crippen LogP) is 2.99. The summed E-state index contributed by atoms with van der Waals surface area (Å²) in [5.74, 6) is 1.11. The Morgan fingerprint density at radius 2 is 2.17 bits per heavy atom. The lowest BCUT2D eigenvalue weighted by atomic mass is 9.61. The monoisotopic (exact) mass is 250 g/mol. The van der Waals surface area contributed by atoms with Crippen LogP contribution in [0.25, 0.3) is 0 Å². The van der Waals surface area contributed by atoms with Crippen molar-refractivity contribution in [1.82, 2.24) is 9.78 Å². The SMILES string of the molecule is CCC1(CC)C(=O)CC1Oc1cnn(C(C)C)c1. The lowest BCUT2D eigenvalue weighted by Gasteiger charge is -2.46.